The summed E-state index contributed by atoms with van der Waals surface area (Å²) in [5, 5.41) is 4.38. The molecule has 4 aromatic rings. The van der Waals surface area contributed by atoms with E-state index in [9.17, 15) is 4.39 Å². The minimum atomic E-state index is -0.284. The highest BCUT2D eigenvalue weighted by molar-refractivity contribution is 5.72. The largest absolute Gasteiger partial charge is 0.493 e. The number of halogens is 1. The molecule has 0 spiro atoms. The van der Waals surface area contributed by atoms with Gasteiger partial charge in [-0.3, -0.25) is 0 Å². The maximum atomic E-state index is 14.3. The van der Waals surface area contributed by atoms with Crippen molar-refractivity contribution in [2.75, 3.05) is 21.3 Å². The van der Waals surface area contributed by atoms with E-state index in [2.05, 4.69) is 5.10 Å². The van der Waals surface area contributed by atoms with Gasteiger partial charge in [-0.2, -0.15) is 5.10 Å². The van der Waals surface area contributed by atoms with Crippen molar-refractivity contribution < 1.29 is 18.6 Å². The van der Waals surface area contributed by atoms with Crippen molar-refractivity contribution in [2.24, 2.45) is 0 Å². The van der Waals surface area contributed by atoms with Crippen LogP contribution in [0.15, 0.2) is 72.9 Å². The summed E-state index contributed by atoms with van der Waals surface area (Å²) >= 11 is 0. The van der Waals surface area contributed by atoms with Crippen molar-refractivity contribution in [2.45, 2.75) is 0 Å². The van der Waals surface area contributed by atoms with Gasteiger partial charge in [0.15, 0.2) is 11.5 Å². The Hall–Kier alpha value is -3.80. The zero-order chi connectivity index (χ0) is 21.1. The van der Waals surface area contributed by atoms with Crippen LogP contribution in [0.2, 0.25) is 0 Å². The molecule has 1 heterocycles. The molecule has 152 valence electrons. The van der Waals surface area contributed by atoms with Gasteiger partial charge < -0.3 is 14.2 Å². The Morgan fingerprint density at radius 2 is 1.43 bits per heavy atom. The molecule has 0 unspecified atom stereocenters. The summed E-state index contributed by atoms with van der Waals surface area (Å²) in [6.07, 6.45) is 1.66. The molecule has 0 fully saturated rings. The molecular weight excluding hydrogens is 383 g/mol. The second-order valence-electron chi connectivity index (χ2n) is 6.57. The lowest BCUT2D eigenvalue weighted by Crippen LogP contribution is -2.00. The molecule has 0 N–H and O–H groups in total. The number of hydrogen-bond acceptors (Lipinski definition) is 4. The molecular formula is C24H21FN2O3. The van der Waals surface area contributed by atoms with E-state index >= 15 is 0 Å². The lowest BCUT2D eigenvalue weighted by atomic mass is 10.0. The van der Waals surface area contributed by atoms with Crippen molar-refractivity contribution in [1.82, 2.24) is 9.78 Å². The molecule has 1 aromatic heterocycles. The number of benzene rings is 3. The van der Waals surface area contributed by atoms with Gasteiger partial charge in [-0.1, -0.05) is 24.3 Å². The fourth-order valence-electron chi connectivity index (χ4n) is 3.42. The molecule has 0 aliphatic rings. The van der Waals surface area contributed by atoms with Crippen LogP contribution in [0.25, 0.3) is 28.1 Å². The van der Waals surface area contributed by atoms with E-state index in [1.807, 2.05) is 42.5 Å². The topological polar surface area (TPSA) is 45.5 Å². The Morgan fingerprint density at radius 1 is 0.767 bits per heavy atom. The third-order valence-corrected chi connectivity index (χ3v) is 4.90. The molecule has 3 aromatic carbocycles. The highest BCUT2D eigenvalue weighted by Gasteiger charge is 2.15. The van der Waals surface area contributed by atoms with E-state index in [-0.39, 0.29) is 5.82 Å². The molecule has 0 radical (unpaired) electrons. The van der Waals surface area contributed by atoms with Crippen molar-refractivity contribution in [1.29, 1.82) is 0 Å². The van der Waals surface area contributed by atoms with Crippen molar-refractivity contribution in [3.05, 3.63) is 78.7 Å². The highest BCUT2D eigenvalue weighted by Crippen LogP contribution is 2.41. The average Bonchev–Trinajstić information content (AvgIpc) is 3.28. The normalized spacial score (nSPS) is 10.7. The summed E-state index contributed by atoms with van der Waals surface area (Å²) in [7, 11) is 4.75. The van der Waals surface area contributed by atoms with Crippen LogP contribution in [-0.2, 0) is 0 Å². The Bertz CT molecular complexity index is 1140. The Balaban J connectivity index is 1.72. The third-order valence-electron chi connectivity index (χ3n) is 4.90. The van der Waals surface area contributed by atoms with Crippen LogP contribution in [0.1, 0.15) is 0 Å². The SMILES string of the molecule is COc1cc(-c2ccc(-n3nccc3-c3ccccc3F)cc2)cc(OC)c1OC. The monoisotopic (exact) mass is 404 g/mol. The average molecular weight is 404 g/mol. The molecule has 0 amide bonds. The van der Waals surface area contributed by atoms with Crippen LogP contribution in [0, 0.1) is 5.82 Å². The van der Waals surface area contributed by atoms with Gasteiger partial charge in [-0.15, -0.1) is 0 Å². The van der Waals surface area contributed by atoms with Gasteiger partial charge in [0.2, 0.25) is 5.75 Å². The summed E-state index contributed by atoms with van der Waals surface area (Å²) in [6, 6.07) is 20.1. The zero-order valence-corrected chi connectivity index (χ0v) is 16.9. The smallest absolute Gasteiger partial charge is 0.203 e. The molecule has 30 heavy (non-hydrogen) atoms. The van der Waals surface area contributed by atoms with E-state index < -0.39 is 0 Å². The van der Waals surface area contributed by atoms with Gasteiger partial charge in [0, 0.05) is 5.56 Å². The fraction of sp³-hybridized carbons (Fsp3) is 0.125. The van der Waals surface area contributed by atoms with Crippen molar-refractivity contribution in [3.8, 4) is 45.3 Å². The molecule has 0 saturated heterocycles. The van der Waals surface area contributed by atoms with Crippen LogP contribution in [-0.4, -0.2) is 31.1 Å². The Labute approximate surface area is 174 Å². The van der Waals surface area contributed by atoms with Crippen LogP contribution < -0.4 is 14.2 Å². The quantitative estimate of drug-likeness (QED) is 0.433. The number of rotatable bonds is 6. The number of hydrogen-bond donors (Lipinski definition) is 0. The third kappa shape index (κ3) is 3.48. The molecule has 4 rings (SSSR count). The van der Waals surface area contributed by atoms with Gasteiger partial charge in [0.25, 0.3) is 0 Å². The Kier molecular flexibility index (Phi) is 5.39. The maximum absolute atomic E-state index is 14.3. The summed E-state index contributed by atoms with van der Waals surface area (Å²) in [5.74, 6) is 1.44. The first-order chi connectivity index (χ1) is 14.7. The molecule has 6 heteroatoms. The second kappa shape index (κ2) is 8.29. The minimum absolute atomic E-state index is 0.284. The van der Waals surface area contributed by atoms with Crippen LogP contribution in [0.3, 0.4) is 0 Å². The Morgan fingerprint density at radius 3 is 2.03 bits per heavy atom. The number of aromatic nitrogens is 2. The number of methoxy groups -OCH3 is 3. The standard InChI is InChI=1S/C24H21FN2O3/c1-28-22-14-17(15-23(29-2)24(22)30-3)16-8-10-18(11-9-16)27-21(12-13-26-27)19-6-4-5-7-20(19)25/h4-15H,1-3H3. The van der Waals surface area contributed by atoms with E-state index in [0.717, 1.165) is 16.8 Å². The van der Waals surface area contributed by atoms with Gasteiger partial charge in [-0.25, -0.2) is 9.07 Å². The lowest BCUT2D eigenvalue weighted by molar-refractivity contribution is 0.324. The molecule has 0 atom stereocenters. The zero-order valence-electron chi connectivity index (χ0n) is 16.9. The first kappa shape index (κ1) is 19.5. The molecule has 0 aliphatic heterocycles. The molecule has 5 nitrogen and oxygen atoms in total. The molecule has 0 bridgehead atoms. The summed E-state index contributed by atoms with van der Waals surface area (Å²) in [5.41, 5.74) is 3.91. The first-order valence-electron chi connectivity index (χ1n) is 9.36. The van der Waals surface area contributed by atoms with Crippen LogP contribution >= 0.6 is 0 Å². The maximum Gasteiger partial charge on any atom is 0.203 e. The van der Waals surface area contributed by atoms with Crippen LogP contribution in [0.5, 0.6) is 17.2 Å². The van der Waals surface area contributed by atoms with Crippen molar-refractivity contribution >= 4 is 0 Å². The van der Waals surface area contributed by atoms with E-state index in [0.29, 0.717) is 28.5 Å². The molecule has 0 saturated carbocycles. The highest BCUT2D eigenvalue weighted by atomic mass is 19.1. The predicted octanol–water partition coefficient (Wildman–Crippen LogP) is 5.37. The fourth-order valence-corrected chi connectivity index (χ4v) is 3.42. The van der Waals surface area contributed by atoms with Crippen LogP contribution in [0.4, 0.5) is 4.39 Å². The predicted molar refractivity (Wildman–Crippen MR) is 114 cm³/mol. The van der Waals surface area contributed by atoms with Gasteiger partial charge in [-0.05, 0) is 53.6 Å². The summed E-state index contributed by atoms with van der Waals surface area (Å²) in [6.45, 7) is 0. The number of nitrogens with zero attached hydrogens (tertiary/aromatic N) is 2. The summed E-state index contributed by atoms with van der Waals surface area (Å²) in [4.78, 5) is 0. The second-order valence-corrected chi connectivity index (χ2v) is 6.57. The van der Waals surface area contributed by atoms with Crippen molar-refractivity contribution in [3.63, 3.8) is 0 Å². The van der Waals surface area contributed by atoms with E-state index in [1.165, 1.54) is 6.07 Å². The lowest BCUT2D eigenvalue weighted by Gasteiger charge is -2.14. The van der Waals surface area contributed by atoms with Gasteiger partial charge in [0.05, 0.1) is 38.9 Å². The van der Waals surface area contributed by atoms with Gasteiger partial charge >= 0.3 is 0 Å². The summed E-state index contributed by atoms with van der Waals surface area (Å²) < 4.78 is 32.3. The van der Waals surface area contributed by atoms with E-state index in [4.69, 9.17) is 14.2 Å². The minimum Gasteiger partial charge on any atom is -0.493 e. The number of ether oxygens (including phenoxy) is 3. The van der Waals surface area contributed by atoms with Gasteiger partial charge in [0.1, 0.15) is 5.82 Å². The van der Waals surface area contributed by atoms with E-state index in [1.54, 1.807) is 50.4 Å². The molecule has 0 aliphatic carbocycles. The first-order valence-corrected chi connectivity index (χ1v) is 9.36.